The molecule has 5 aliphatic rings. The zero-order valence-corrected chi connectivity index (χ0v) is 16.7. The van der Waals surface area contributed by atoms with Crippen LogP contribution in [0.1, 0.15) is 37.7 Å². The van der Waals surface area contributed by atoms with Crippen molar-refractivity contribution in [1.82, 2.24) is 9.80 Å². The Balaban J connectivity index is 0.000000604. The Morgan fingerprint density at radius 3 is 2.00 bits per heavy atom. The van der Waals surface area contributed by atoms with E-state index in [2.05, 4.69) is 9.80 Å². The van der Waals surface area contributed by atoms with Crippen LogP contribution in [-0.2, 0) is 11.2 Å². The quantitative estimate of drug-likeness (QED) is 0.802. The van der Waals surface area contributed by atoms with Crippen molar-refractivity contribution in [3.05, 3.63) is 35.6 Å². The number of hydrogen-bond acceptors (Lipinski definition) is 3. The molecule has 0 amide bonds. The maximum Gasteiger partial charge on any atom is 0.290 e. The molecule has 1 saturated heterocycles. The molecule has 0 aromatic heterocycles. The van der Waals surface area contributed by atoms with Gasteiger partial charge in [-0.3, -0.25) is 9.69 Å². The van der Waals surface area contributed by atoms with Crippen LogP contribution in [0.25, 0.3) is 0 Å². The highest BCUT2D eigenvalue weighted by atomic mass is 19.1. The summed E-state index contributed by atoms with van der Waals surface area (Å²) in [7, 11) is 0. The minimum atomic E-state index is -0.250. The molecule has 1 aromatic rings. The van der Waals surface area contributed by atoms with Gasteiger partial charge in [-0.1, -0.05) is 12.1 Å². The van der Waals surface area contributed by atoms with Crippen molar-refractivity contribution in [1.29, 1.82) is 0 Å². The summed E-state index contributed by atoms with van der Waals surface area (Å²) < 4.78 is 13.0. The van der Waals surface area contributed by atoms with Gasteiger partial charge in [-0.2, -0.15) is 0 Å². The molecular formula is C23H33FN2O2. The monoisotopic (exact) mass is 388 g/mol. The van der Waals surface area contributed by atoms with Crippen molar-refractivity contribution >= 4 is 6.47 Å². The van der Waals surface area contributed by atoms with Gasteiger partial charge in [0.1, 0.15) is 5.82 Å². The van der Waals surface area contributed by atoms with Crippen LogP contribution in [0.3, 0.4) is 0 Å². The summed E-state index contributed by atoms with van der Waals surface area (Å²) in [5, 5.41) is 6.89. The van der Waals surface area contributed by atoms with Gasteiger partial charge in [0.05, 0.1) is 0 Å². The molecule has 5 heteroatoms. The lowest BCUT2D eigenvalue weighted by atomic mass is 9.54. The molecule has 0 atom stereocenters. The molecule has 1 aliphatic heterocycles. The summed E-state index contributed by atoms with van der Waals surface area (Å²) in [6.45, 7) is 5.81. The second-order valence-corrected chi connectivity index (χ2v) is 9.28. The van der Waals surface area contributed by atoms with Crippen LogP contribution in [0.15, 0.2) is 24.3 Å². The molecular weight excluding hydrogens is 355 g/mol. The lowest BCUT2D eigenvalue weighted by Crippen LogP contribution is -2.60. The molecule has 154 valence electrons. The third kappa shape index (κ3) is 4.41. The van der Waals surface area contributed by atoms with Crippen molar-refractivity contribution in [2.24, 2.45) is 23.7 Å². The van der Waals surface area contributed by atoms with E-state index in [1.54, 1.807) is 18.6 Å². The van der Waals surface area contributed by atoms with Crippen molar-refractivity contribution in [2.75, 3.05) is 32.7 Å². The van der Waals surface area contributed by atoms with Gasteiger partial charge >= 0.3 is 0 Å². The summed E-state index contributed by atoms with van der Waals surface area (Å²) in [6, 6.07) is 7.94. The largest absolute Gasteiger partial charge is 0.483 e. The minimum Gasteiger partial charge on any atom is -0.483 e. The van der Waals surface area contributed by atoms with Gasteiger partial charge in [-0.05, 0) is 79.9 Å². The molecule has 28 heavy (non-hydrogen) atoms. The van der Waals surface area contributed by atoms with Crippen LogP contribution < -0.4 is 0 Å². The molecule has 4 aliphatic carbocycles. The molecule has 0 unspecified atom stereocenters. The molecule has 5 fully saturated rings. The standard InChI is InChI=1S/C22H31FN2.CH2O2/c23-21-3-1-16(2-4-21)5-6-24-7-9-25(10-8-24)22-19-12-17-11-18(14-19)15-20(22)13-17;2-1-3/h1-4,17-20,22H,5-15H2;1H,(H,2,3). The summed E-state index contributed by atoms with van der Waals surface area (Å²) in [5.41, 5.74) is 1.25. The van der Waals surface area contributed by atoms with Crippen molar-refractivity contribution in [3.8, 4) is 0 Å². The van der Waals surface area contributed by atoms with E-state index in [-0.39, 0.29) is 12.3 Å². The summed E-state index contributed by atoms with van der Waals surface area (Å²) in [6.07, 6.45) is 8.71. The first kappa shape index (κ1) is 19.8. The molecule has 4 bridgehead atoms. The highest BCUT2D eigenvalue weighted by Gasteiger charge is 2.50. The number of carboxylic acid groups (broad SMARTS) is 1. The molecule has 1 aromatic carbocycles. The molecule has 1 N–H and O–H groups in total. The van der Waals surface area contributed by atoms with Crippen LogP contribution in [0.2, 0.25) is 0 Å². The lowest BCUT2D eigenvalue weighted by Gasteiger charge is -2.58. The van der Waals surface area contributed by atoms with E-state index in [9.17, 15) is 4.39 Å². The van der Waals surface area contributed by atoms with E-state index in [4.69, 9.17) is 9.90 Å². The predicted molar refractivity (Wildman–Crippen MR) is 108 cm³/mol. The van der Waals surface area contributed by atoms with Crippen molar-refractivity contribution in [3.63, 3.8) is 0 Å². The number of rotatable bonds is 4. The van der Waals surface area contributed by atoms with E-state index >= 15 is 0 Å². The van der Waals surface area contributed by atoms with Gasteiger partial charge in [-0.15, -0.1) is 0 Å². The van der Waals surface area contributed by atoms with Gasteiger partial charge in [0.2, 0.25) is 0 Å². The van der Waals surface area contributed by atoms with Gasteiger partial charge in [0.15, 0.2) is 0 Å². The molecule has 1 heterocycles. The van der Waals surface area contributed by atoms with Crippen molar-refractivity contribution in [2.45, 2.75) is 44.6 Å². The Hall–Kier alpha value is -1.46. The van der Waals surface area contributed by atoms with Gasteiger partial charge < -0.3 is 10.0 Å². The fourth-order valence-electron chi connectivity index (χ4n) is 6.72. The maximum absolute atomic E-state index is 13.0. The summed E-state index contributed by atoms with van der Waals surface area (Å²) in [4.78, 5) is 13.8. The number of halogens is 1. The highest BCUT2D eigenvalue weighted by molar-refractivity contribution is 5.32. The first-order chi connectivity index (χ1) is 13.7. The maximum atomic E-state index is 13.0. The SMILES string of the molecule is Fc1ccc(CCN2CCN(C3C4CC5CC(C4)CC3C5)CC2)cc1.O=CO. The lowest BCUT2D eigenvalue weighted by molar-refractivity contribution is -0.122. The first-order valence-corrected chi connectivity index (χ1v) is 10.9. The Morgan fingerprint density at radius 2 is 1.46 bits per heavy atom. The normalized spacial score (nSPS) is 34.7. The number of piperazine rings is 1. The molecule has 0 spiro atoms. The van der Waals surface area contributed by atoms with E-state index in [1.165, 1.54) is 57.4 Å². The second kappa shape index (κ2) is 8.91. The Bertz CT molecular complexity index is 615. The fraction of sp³-hybridized carbons (Fsp3) is 0.696. The molecule has 0 radical (unpaired) electrons. The molecule has 4 nitrogen and oxygen atoms in total. The van der Waals surface area contributed by atoms with Crippen LogP contribution in [0.5, 0.6) is 0 Å². The fourth-order valence-corrected chi connectivity index (χ4v) is 6.72. The van der Waals surface area contributed by atoms with Crippen LogP contribution in [0.4, 0.5) is 4.39 Å². The zero-order chi connectivity index (χ0) is 19.5. The zero-order valence-electron chi connectivity index (χ0n) is 16.7. The number of hydrogen-bond donors (Lipinski definition) is 1. The first-order valence-electron chi connectivity index (χ1n) is 10.9. The molecule has 4 saturated carbocycles. The summed E-state index contributed by atoms with van der Waals surface area (Å²) in [5.74, 6) is 4.06. The average Bonchev–Trinajstić information content (AvgIpc) is 2.68. The summed E-state index contributed by atoms with van der Waals surface area (Å²) >= 11 is 0. The molecule has 6 rings (SSSR count). The average molecular weight is 389 g/mol. The van der Waals surface area contributed by atoms with Crippen molar-refractivity contribution < 1.29 is 14.3 Å². The van der Waals surface area contributed by atoms with E-state index in [0.29, 0.717) is 0 Å². The van der Waals surface area contributed by atoms with Crippen LogP contribution in [0, 0.1) is 29.5 Å². The van der Waals surface area contributed by atoms with E-state index < -0.39 is 0 Å². The second-order valence-electron chi connectivity index (χ2n) is 9.28. The van der Waals surface area contributed by atoms with Gasteiger partial charge in [0, 0.05) is 38.8 Å². The minimum absolute atomic E-state index is 0.131. The third-order valence-electron chi connectivity index (χ3n) is 7.64. The van der Waals surface area contributed by atoms with Crippen LogP contribution in [-0.4, -0.2) is 60.1 Å². The van der Waals surface area contributed by atoms with Gasteiger partial charge in [-0.25, -0.2) is 4.39 Å². The Morgan fingerprint density at radius 1 is 0.929 bits per heavy atom. The van der Waals surface area contributed by atoms with E-state index in [0.717, 1.165) is 42.7 Å². The number of carbonyl (C=O) groups is 1. The topological polar surface area (TPSA) is 43.8 Å². The highest BCUT2D eigenvalue weighted by Crippen LogP contribution is 2.55. The third-order valence-corrected chi connectivity index (χ3v) is 7.64. The van der Waals surface area contributed by atoms with E-state index in [1.807, 2.05) is 12.1 Å². The number of nitrogens with zero attached hydrogens (tertiary/aromatic N) is 2. The Kier molecular flexibility index (Phi) is 6.32. The Labute approximate surface area is 167 Å². The predicted octanol–water partition coefficient (Wildman–Crippen LogP) is 3.51. The van der Waals surface area contributed by atoms with Gasteiger partial charge in [0.25, 0.3) is 6.47 Å². The van der Waals surface area contributed by atoms with Crippen LogP contribution >= 0.6 is 0 Å². The number of benzene rings is 1. The smallest absolute Gasteiger partial charge is 0.290 e.